The van der Waals surface area contributed by atoms with E-state index in [-0.39, 0.29) is 12.2 Å². The molecule has 4 nitrogen and oxygen atoms in total. The molecule has 104 valence electrons. The fourth-order valence-corrected chi connectivity index (χ4v) is 2.12. The van der Waals surface area contributed by atoms with Crippen molar-refractivity contribution in [2.24, 2.45) is 0 Å². The second-order valence-corrected chi connectivity index (χ2v) is 5.15. The molecule has 0 aliphatic carbocycles. The van der Waals surface area contributed by atoms with E-state index in [4.69, 9.17) is 5.11 Å². The number of carboxylic acids is 1. The highest BCUT2D eigenvalue weighted by atomic mass is 79.9. The highest BCUT2D eigenvalue weighted by molar-refractivity contribution is 9.10. The summed E-state index contributed by atoms with van der Waals surface area (Å²) in [6.45, 7) is 0. The molecule has 0 atom stereocenters. The van der Waals surface area contributed by atoms with Crippen LogP contribution in [0.15, 0.2) is 34.9 Å². The van der Waals surface area contributed by atoms with E-state index in [0.29, 0.717) is 29.9 Å². The topological polar surface area (TPSA) is 63.1 Å². The molecule has 0 unspecified atom stereocenters. The van der Waals surface area contributed by atoms with E-state index in [1.165, 1.54) is 6.07 Å². The smallest absolute Gasteiger partial charge is 0.303 e. The van der Waals surface area contributed by atoms with Gasteiger partial charge in [-0.2, -0.15) is 0 Å². The molecule has 0 saturated heterocycles. The first-order valence-electron chi connectivity index (χ1n) is 6.05. The summed E-state index contributed by atoms with van der Waals surface area (Å²) >= 11 is 3.29. The van der Waals surface area contributed by atoms with Gasteiger partial charge in [0, 0.05) is 29.1 Å². The van der Waals surface area contributed by atoms with Crippen LogP contribution in [0.4, 0.5) is 4.39 Å². The molecule has 0 aliphatic heterocycles. The van der Waals surface area contributed by atoms with E-state index in [2.05, 4.69) is 25.9 Å². The Morgan fingerprint density at radius 2 is 2.15 bits per heavy atom. The highest BCUT2D eigenvalue weighted by Crippen LogP contribution is 2.24. The third-order valence-corrected chi connectivity index (χ3v) is 3.19. The minimum Gasteiger partial charge on any atom is -0.481 e. The molecule has 1 heterocycles. The minimum absolute atomic E-state index is 0.0683. The maximum Gasteiger partial charge on any atom is 0.303 e. The third-order valence-electron chi connectivity index (χ3n) is 2.70. The summed E-state index contributed by atoms with van der Waals surface area (Å²) in [7, 11) is 0. The molecule has 6 heteroatoms. The maximum absolute atomic E-state index is 13.8. The number of aryl methyl sites for hydroxylation is 1. The first-order chi connectivity index (χ1) is 9.56. The summed E-state index contributed by atoms with van der Waals surface area (Å²) in [5.41, 5.74) is 0.880. The number of hydrogen-bond donors (Lipinski definition) is 1. The van der Waals surface area contributed by atoms with Gasteiger partial charge in [-0.3, -0.25) is 4.79 Å². The van der Waals surface area contributed by atoms with Crippen LogP contribution in [0.3, 0.4) is 0 Å². The maximum atomic E-state index is 13.8. The second kappa shape index (κ2) is 6.56. The molecule has 2 aromatic rings. The lowest BCUT2D eigenvalue weighted by molar-refractivity contribution is -0.137. The number of benzene rings is 1. The average Bonchev–Trinajstić information content (AvgIpc) is 2.41. The molecule has 0 amide bonds. The van der Waals surface area contributed by atoms with Crippen LogP contribution in [0.25, 0.3) is 11.3 Å². The van der Waals surface area contributed by atoms with E-state index in [1.807, 2.05) is 0 Å². The van der Waals surface area contributed by atoms with Crippen LogP contribution in [-0.4, -0.2) is 21.0 Å². The quantitative estimate of drug-likeness (QED) is 0.906. The van der Waals surface area contributed by atoms with Gasteiger partial charge in [-0.1, -0.05) is 15.9 Å². The molecule has 1 aromatic carbocycles. The predicted octanol–water partition coefficient (Wildman–Crippen LogP) is 3.45. The van der Waals surface area contributed by atoms with Crippen LogP contribution in [0, 0.1) is 5.82 Å². The van der Waals surface area contributed by atoms with Crippen molar-refractivity contribution < 1.29 is 14.3 Å². The normalized spacial score (nSPS) is 10.5. The Morgan fingerprint density at radius 3 is 2.90 bits per heavy atom. The first-order valence-corrected chi connectivity index (χ1v) is 6.84. The van der Waals surface area contributed by atoms with E-state index in [1.54, 1.807) is 24.4 Å². The van der Waals surface area contributed by atoms with Crippen molar-refractivity contribution in [2.75, 3.05) is 0 Å². The van der Waals surface area contributed by atoms with Crippen molar-refractivity contribution in [3.05, 3.63) is 46.6 Å². The van der Waals surface area contributed by atoms with Gasteiger partial charge in [0.2, 0.25) is 0 Å². The predicted molar refractivity (Wildman–Crippen MR) is 75.7 cm³/mol. The molecule has 20 heavy (non-hydrogen) atoms. The van der Waals surface area contributed by atoms with Crippen LogP contribution in [0.5, 0.6) is 0 Å². The monoisotopic (exact) mass is 338 g/mol. The number of rotatable bonds is 5. The van der Waals surface area contributed by atoms with Gasteiger partial charge < -0.3 is 5.11 Å². The zero-order chi connectivity index (χ0) is 14.5. The van der Waals surface area contributed by atoms with Crippen LogP contribution in [0.1, 0.15) is 18.7 Å². The summed E-state index contributed by atoms with van der Waals surface area (Å²) in [5.74, 6) is -0.689. The van der Waals surface area contributed by atoms with Crippen molar-refractivity contribution in [3.63, 3.8) is 0 Å². The third kappa shape index (κ3) is 3.84. The molecule has 1 aromatic heterocycles. The van der Waals surface area contributed by atoms with Gasteiger partial charge >= 0.3 is 5.97 Å². The molecule has 2 rings (SSSR count). The van der Waals surface area contributed by atoms with Gasteiger partial charge in [0.15, 0.2) is 0 Å². The molecule has 0 saturated carbocycles. The Morgan fingerprint density at radius 1 is 1.35 bits per heavy atom. The van der Waals surface area contributed by atoms with E-state index in [9.17, 15) is 9.18 Å². The Kier molecular flexibility index (Phi) is 4.79. The van der Waals surface area contributed by atoms with Gasteiger partial charge in [0.25, 0.3) is 0 Å². The summed E-state index contributed by atoms with van der Waals surface area (Å²) < 4.78 is 14.5. The van der Waals surface area contributed by atoms with Gasteiger partial charge in [-0.05, 0) is 30.7 Å². The average molecular weight is 339 g/mol. The van der Waals surface area contributed by atoms with E-state index < -0.39 is 5.97 Å². The van der Waals surface area contributed by atoms with Crippen LogP contribution < -0.4 is 0 Å². The van der Waals surface area contributed by atoms with E-state index >= 15 is 0 Å². The largest absolute Gasteiger partial charge is 0.481 e. The summed E-state index contributed by atoms with van der Waals surface area (Å²) in [4.78, 5) is 18.8. The van der Waals surface area contributed by atoms with Crippen LogP contribution >= 0.6 is 15.9 Å². The van der Waals surface area contributed by atoms with Crippen LogP contribution in [-0.2, 0) is 11.2 Å². The number of aliphatic carboxylic acids is 1. The Hall–Kier alpha value is -1.82. The summed E-state index contributed by atoms with van der Waals surface area (Å²) in [6, 6.07) is 6.27. The Labute approximate surface area is 123 Å². The molecule has 1 N–H and O–H groups in total. The second-order valence-electron chi connectivity index (χ2n) is 4.23. The zero-order valence-corrected chi connectivity index (χ0v) is 12.1. The van der Waals surface area contributed by atoms with Crippen molar-refractivity contribution >= 4 is 21.9 Å². The van der Waals surface area contributed by atoms with Gasteiger partial charge in [-0.15, -0.1) is 0 Å². The highest BCUT2D eigenvalue weighted by Gasteiger charge is 2.09. The Balaban J connectivity index is 2.21. The number of nitrogens with zero attached hydrogens (tertiary/aromatic N) is 2. The molecule has 0 spiro atoms. The number of hydrogen-bond acceptors (Lipinski definition) is 3. The number of halogens is 2. The van der Waals surface area contributed by atoms with Gasteiger partial charge in [-0.25, -0.2) is 14.4 Å². The molecular formula is C14H12BrFN2O2. The summed E-state index contributed by atoms with van der Waals surface area (Å²) in [5, 5.41) is 8.60. The SMILES string of the molecule is O=C(O)CCCc1nccc(-c2cc(Br)ccc2F)n1. The first kappa shape index (κ1) is 14.6. The number of carbonyl (C=O) groups is 1. The molecule has 0 aliphatic rings. The van der Waals surface area contributed by atoms with Crippen LogP contribution in [0.2, 0.25) is 0 Å². The minimum atomic E-state index is -0.848. The van der Waals surface area contributed by atoms with Crippen molar-refractivity contribution in [3.8, 4) is 11.3 Å². The molecule has 0 radical (unpaired) electrons. The number of aromatic nitrogens is 2. The Bertz CT molecular complexity index is 634. The fourth-order valence-electron chi connectivity index (χ4n) is 1.76. The van der Waals surface area contributed by atoms with Crippen molar-refractivity contribution in [1.29, 1.82) is 0 Å². The van der Waals surface area contributed by atoms with Gasteiger partial charge in [0.05, 0.1) is 5.69 Å². The zero-order valence-electron chi connectivity index (χ0n) is 10.5. The molecule has 0 fully saturated rings. The lowest BCUT2D eigenvalue weighted by Crippen LogP contribution is -2.00. The fraction of sp³-hybridized carbons (Fsp3) is 0.214. The number of carboxylic acid groups (broad SMARTS) is 1. The van der Waals surface area contributed by atoms with E-state index in [0.717, 1.165) is 4.47 Å². The standard InChI is InChI=1S/C14H12BrFN2O2/c15-9-4-5-11(16)10(8-9)12-6-7-17-13(18-12)2-1-3-14(19)20/h4-8H,1-3H2,(H,19,20). The molecule has 0 bridgehead atoms. The molecular weight excluding hydrogens is 327 g/mol. The lowest BCUT2D eigenvalue weighted by Gasteiger charge is -2.05. The lowest BCUT2D eigenvalue weighted by atomic mass is 10.1. The van der Waals surface area contributed by atoms with Crippen molar-refractivity contribution in [2.45, 2.75) is 19.3 Å². The summed E-state index contributed by atoms with van der Waals surface area (Å²) in [6.07, 6.45) is 2.53. The van der Waals surface area contributed by atoms with Crippen molar-refractivity contribution in [1.82, 2.24) is 9.97 Å². The van der Waals surface area contributed by atoms with Gasteiger partial charge in [0.1, 0.15) is 11.6 Å².